The van der Waals surface area contributed by atoms with E-state index in [0.29, 0.717) is 24.4 Å². The number of carbonyl (C=O) groups is 2. The number of carbonyl (C=O) groups excluding carboxylic acids is 2. The Labute approximate surface area is 97.8 Å². The maximum atomic E-state index is 11.9. The second kappa shape index (κ2) is 3.08. The Hall–Kier alpha value is -1.35. The van der Waals surface area contributed by atoms with Crippen LogP contribution in [-0.4, -0.2) is 18.2 Å². The minimum Gasteiger partial charge on any atom is -0.355 e. The fourth-order valence-electron chi connectivity index (χ4n) is 2.71. The molecule has 0 aromatic heterocycles. The molecule has 1 aromatic carbocycles. The lowest BCUT2D eigenvalue weighted by Gasteiger charge is -2.20. The summed E-state index contributed by atoms with van der Waals surface area (Å²) >= 11 is 5.95. The minimum atomic E-state index is -0.339. The van der Waals surface area contributed by atoms with Crippen molar-refractivity contribution < 1.29 is 9.59 Å². The van der Waals surface area contributed by atoms with E-state index in [0.717, 1.165) is 11.1 Å². The fraction of sp³-hybridized carbons (Fsp3) is 0.333. The second-order valence-electron chi connectivity index (χ2n) is 4.52. The largest absolute Gasteiger partial charge is 0.355 e. The molecular formula is C12H10ClNO2. The molecule has 2 aliphatic rings. The van der Waals surface area contributed by atoms with Crippen LogP contribution in [0, 0.1) is 0 Å². The molecule has 3 nitrogen and oxygen atoms in total. The smallest absolute Gasteiger partial charge is 0.221 e. The molecule has 1 aliphatic heterocycles. The molecule has 1 aliphatic carbocycles. The van der Waals surface area contributed by atoms with Gasteiger partial charge >= 0.3 is 0 Å². The lowest BCUT2D eigenvalue weighted by Crippen LogP contribution is -2.26. The maximum absolute atomic E-state index is 11.9. The molecule has 1 heterocycles. The highest BCUT2D eigenvalue weighted by Crippen LogP contribution is 2.44. The molecule has 1 amide bonds. The molecule has 1 atom stereocenters. The van der Waals surface area contributed by atoms with Gasteiger partial charge in [-0.1, -0.05) is 11.6 Å². The molecule has 1 unspecified atom stereocenters. The van der Waals surface area contributed by atoms with Gasteiger partial charge in [-0.05, 0) is 23.8 Å². The molecule has 0 radical (unpaired) electrons. The van der Waals surface area contributed by atoms with Crippen molar-refractivity contribution in [3.05, 3.63) is 34.3 Å². The SMILES string of the molecule is O=C1CC2(CN1)CC(=O)c1ccc(Cl)cc12. The summed E-state index contributed by atoms with van der Waals surface area (Å²) in [5.74, 6) is 0.129. The van der Waals surface area contributed by atoms with Crippen molar-refractivity contribution in [1.82, 2.24) is 5.32 Å². The van der Waals surface area contributed by atoms with Crippen molar-refractivity contribution in [1.29, 1.82) is 0 Å². The van der Waals surface area contributed by atoms with E-state index in [1.807, 2.05) is 6.07 Å². The number of Topliss-reactive ketones (excluding diaryl/α,β-unsaturated/α-hetero) is 1. The first-order chi connectivity index (χ1) is 7.61. The summed E-state index contributed by atoms with van der Waals surface area (Å²) in [7, 11) is 0. The van der Waals surface area contributed by atoms with E-state index in [9.17, 15) is 9.59 Å². The van der Waals surface area contributed by atoms with Gasteiger partial charge in [0.05, 0.1) is 0 Å². The summed E-state index contributed by atoms with van der Waals surface area (Å²) in [6, 6.07) is 5.31. The van der Waals surface area contributed by atoms with E-state index in [1.54, 1.807) is 12.1 Å². The Bertz CT molecular complexity index is 512. The third-order valence-electron chi connectivity index (χ3n) is 3.48. The summed E-state index contributed by atoms with van der Waals surface area (Å²) in [6.07, 6.45) is 0.813. The summed E-state index contributed by atoms with van der Waals surface area (Å²) in [5, 5.41) is 3.42. The van der Waals surface area contributed by atoms with Gasteiger partial charge in [0.25, 0.3) is 0 Å². The average molecular weight is 236 g/mol. The van der Waals surface area contributed by atoms with E-state index in [-0.39, 0.29) is 17.1 Å². The van der Waals surface area contributed by atoms with Gasteiger partial charge in [-0.2, -0.15) is 0 Å². The minimum absolute atomic E-state index is 0.0145. The standard InChI is InChI=1S/C12H10ClNO2/c13-7-1-2-8-9(3-7)12(4-10(8)15)5-11(16)14-6-12/h1-3H,4-6H2,(H,14,16). The molecule has 1 fully saturated rings. The lowest BCUT2D eigenvalue weighted by molar-refractivity contribution is -0.119. The molecule has 3 rings (SSSR count). The zero-order valence-electron chi connectivity index (χ0n) is 8.55. The highest BCUT2D eigenvalue weighted by Gasteiger charge is 2.48. The summed E-state index contributed by atoms with van der Waals surface area (Å²) in [5.41, 5.74) is 1.32. The highest BCUT2D eigenvalue weighted by atomic mass is 35.5. The number of ketones is 1. The zero-order chi connectivity index (χ0) is 11.3. The molecule has 16 heavy (non-hydrogen) atoms. The zero-order valence-corrected chi connectivity index (χ0v) is 9.30. The van der Waals surface area contributed by atoms with Crippen LogP contribution in [0.25, 0.3) is 0 Å². The predicted molar refractivity (Wildman–Crippen MR) is 59.7 cm³/mol. The second-order valence-corrected chi connectivity index (χ2v) is 4.96. The number of halogens is 1. The maximum Gasteiger partial charge on any atom is 0.221 e. The van der Waals surface area contributed by atoms with Crippen molar-refractivity contribution in [3.63, 3.8) is 0 Å². The number of amides is 1. The Balaban J connectivity index is 2.17. The first-order valence-electron chi connectivity index (χ1n) is 5.21. The normalized spacial score (nSPS) is 27.3. The van der Waals surface area contributed by atoms with Crippen LogP contribution in [0.2, 0.25) is 5.02 Å². The number of benzene rings is 1. The first-order valence-corrected chi connectivity index (χ1v) is 5.58. The van der Waals surface area contributed by atoms with Gasteiger partial charge in [-0.3, -0.25) is 9.59 Å². The summed E-state index contributed by atoms with van der Waals surface area (Å²) < 4.78 is 0. The topological polar surface area (TPSA) is 46.2 Å². The number of nitrogens with one attached hydrogen (secondary N) is 1. The molecule has 4 heteroatoms. The lowest BCUT2D eigenvalue weighted by atomic mass is 9.81. The molecule has 82 valence electrons. The summed E-state index contributed by atoms with van der Waals surface area (Å²) in [6.45, 7) is 0.547. The van der Waals surface area contributed by atoms with Gasteiger partial charge in [-0.25, -0.2) is 0 Å². The van der Waals surface area contributed by atoms with E-state index in [4.69, 9.17) is 11.6 Å². The van der Waals surface area contributed by atoms with Crippen LogP contribution in [0.5, 0.6) is 0 Å². The first kappa shape index (κ1) is 9.85. The average Bonchev–Trinajstić information content (AvgIpc) is 2.71. The van der Waals surface area contributed by atoms with Gasteiger partial charge in [-0.15, -0.1) is 0 Å². The van der Waals surface area contributed by atoms with Crippen LogP contribution < -0.4 is 5.32 Å². The number of fused-ring (bicyclic) bond motifs is 2. The van der Waals surface area contributed by atoms with Gasteiger partial charge in [0.15, 0.2) is 5.78 Å². The summed E-state index contributed by atoms with van der Waals surface area (Å²) in [4.78, 5) is 23.2. The van der Waals surface area contributed by atoms with Crippen LogP contribution in [0.1, 0.15) is 28.8 Å². The van der Waals surface area contributed by atoms with Crippen LogP contribution in [0.4, 0.5) is 0 Å². The van der Waals surface area contributed by atoms with Crippen LogP contribution in [-0.2, 0) is 10.2 Å². The highest BCUT2D eigenvalue weighted by molar-refractivity contribution is 6.30. The van der Waals surface area contributed by atoms with Crippen LogP contribution in [0.3, 0.4) is 0 Å². The Morgan fingerprint density at radius 2 is 2.06 bits per heavy atom. The van der Waals surface area contributed by atoms with Gasteiger partial charge in [0, 0.05) is 35.4 Å². The van der Waals surface area contributed by atoms with Gasteiger partial charge in [0.1, 0.15) is 0 Å². The Kier molecular flexibility index (Phi) is 1.89. The molecule has 1 spiro atoms. The number of hydrogen-bond donors (Lipinski definition) is 1. The van der Waals surface area contributed by atoms with Crippen molar-refractivity contribution in [2.45, 2.75) is 18.3 Å². The van der Waals surface area contributed by atoms with E-state index < -0.39 is 0 Å². The third kappa shape index (κ3) is 1.21. The van der Waals surface area contributed by atoms with Crippen LogP contribution in [0.15, 0.2) is 18.2 Å². The van der Waals surface area contributed by atoms with E-state index in [2.05, 4.69) is 5.32 Å². The van der Waals surface area contributed by atoms with Crippen molar-refractivity contribution in [2.24, 2.45) is 0 Å². The fourth-order valence-corrected chi connectivity index (χ4v) is 2.88. The quantitative estimate of drug-likeness (QED) is 0.744. The molecule has 1 N–H and O–H groups in total. The third-order valence-corrected chi connectivity index (χ3v) is 3.71. The van der Waals surface area contributed by atoms with Crippen LogP contribution >= 0.6 is 11.6 Å². The molecule has 1 aromatic rings. The van der Waals surface area contributed by atoms with Crippen molar-refractivity contribution >= 4 is 23.3 Å². The molecular weight excluding hydrogens is 226 g/mol. The van der Waals surface area contributed by atoms with E-state index in [1.165, 1.54) is 0 Å². The Morgan fingerprint density at radius 1 is 1.25 bits per heavy atom. The predicted octanol–water partition coefficient (Wildman–Crippen LogP) is 1.68. The monoisotopic (exact) mass is 235 g/mol. The van der Waals surface area contributed by atoms with Crippen molar-refractivity contribution in [2.75, 3.05) is 6.54 Å². The number of hydrogen-bond acceptors (Lipinski definition) is 2. The Morgan fingerprint density at radius 3 is 2.75 bits per heavy atom. The van der Waals surface area contributed by atoms with Gasteiger partial charge < -0.3 is 5.32 Å². The number of rotatable bonds is 0. The molecule has 0 saturated carbocycles. The van der Waals surface area contributed by atoms with E-state index >= 15 is 0 Å². The molecule has 1 saturated heterocycles. The molecule has 0 bridgehead atoms. The van der Waals surface area contributed by atoms with Gasteiger partial charge in [0.2, 0.25) is 5.91 Å². The van der Waals surface area contributed by atoms with Crippen molar-refractivity contribution in [3.8, 4) is 0 Å².